The Kier molecular flexibility index (Phi) is 7.15. The Morgan fingerprint density at radius 3 is 2.76 bits per heavy atom. The van der Waals surface area contributed by atoms with Crippen LogP contribution in [0, 0.1) is 5.92 Å². The van der Waals surface area contributed by atoms with Crippen molar-refractivity contribution in [1.29, 1.82) is 0 Å². The first-order valence-corrected chi connectivity index (χ1v) is 14.1. The van der Waals surface area contributed by atoms with Crippen LogP contribution in [0.15, 0.2) is 66.9 Å². The largest absolute Gasteiger partial charge is 0.431 e. The van der Waals surface area contributed by atoms with Gasteiger partial charge in [0.1, 0.15) is 5.75 Å². The van der Waals surface area contributed by atoms with E-state index in [2.05, 4.69) is 15.2 Å². The third-order valence-electron chi connectivity index (χ3n) is 7.66. The highest BCUT2D eigenvalue weighted by Crippen LogP contribution is 2.33. The van der Waals surface area contributed by atoms with Gasteiger partial charge >= 0.3 is 0 Å². The summed E-state index contributed by atoms with van der Waals surface area (Å²) in [6.45, 7) is 3.15. The molecule has 1 aliphatic heterocycles. The standard InChI is InChI=1S/C30H32N4O2S/c35-29(25-8-4-10-26-24(25)9-5-17-31-26)32-22-13-11-21(12-14-22)15-18-34-19-16-27-28(20-34)37-30(33-27)36-23-6-2-1-3-7-23/h1-10,17,21-22H,11-16,18-20H2,(H,32,35)/t21-,22-. The fraction of sp³-hybridized carbons (Fsp3) is 0.367. The Morgan fingerprint density at radius 2 is 1.89 bits per heavy atom. The summed E-state index contributed by atoms with van der Waals surface area (Å²) in [7, 11) is 0. The van der Waals surface area contributed by atoms with Gasteiger partial charge in [-0.1, -0.05) is 41.7 Å². The van der Waals surface area contributed by atoms with Gasteiger partial charge in [-0.15, -0.1) is 0 Å². The van der Waals surface area contributed by atoms with Crippen molar-refractivity contribution in [2.75, 3.05) is 13.1 Å². The average molecular weight is 513 g/mol. The van der Waals surface area contributed by atoms with Gasteiger partial charge in [0.2, 0.25) is 0 Å². The van der Waals surface area contributed by atoms with Crippen LogP contribution in [0.5, 0.6) is 10.9 Å². The van der Waals surface area contributed by atoms with E-state index in [0.29, 0.717) is 0 Å². The molecule has 0 radical (unpaired) electrons. The minimum absolute atomic E-state index is 0.0198. The monoisotopic (exact) mass is 512 g/mol. The van der Waals surface area contributed by atoms with Crippen LogP contribution >= 0.6 is 11.3 Å². The molecule has 1 aliphatic carbocycles. The number of nitrogens with one attached hydrogen (secondary N) is 1. The molecule has 0 unspecified atom stereocenters. The molecule has 6 nitrogen and oxygen atoms in total. The molecular formula is C30H32N4O2S. The van der Waals surface area contributed by atoms with E-state index < -0.39 is 0 Å². The lowest BCUT2D eigenvalue weighted by atomic mass is 9.84. The molecule has 1 amide bonds. The molecule has 1 fully saturated rings. The molecule has 0 saturated heterocycles. The van der Waals surface area contributed by atoms with E-state index >= 15 is 0 Å². The molecule has 1 saturated carbocycles. The molecule has 4 aromatic rings. The number of amides is 1. The normalized spacial score (nSPS) is 19.9. The van der Waals surface area contributed by atoms with Crippen molar-refractivity contribution in [2.45, 2.75) is 51.1 Å². The van der Waals surface area contributed by atoms with E-state index in [0.717, 1.165) is 72.2 Å². The van der Waals surface area contributed by atoms with Crippen molar-refractivity contribution in [1.82, 2.24) is 20.2 Å². The number of aromatic nitrogens is 2. The van der Waals surface area contributed by atoms with Crippen molar-refractivity contribution < 1.29 is 9.53 Å². The van der Waals surface area contributed by atoms with Crippen molar-refractivity contribution in [2.24, 2.45) is 5.92 Å². The second-order valence-corrected chi connectivity index (χ2v) is 11.2. The molecular weight excluding hydrogens is 480 g/mol. The van der Waals surface area contributed by atoms with E-state index in [9.17, 15) is 4.79 Å². The van der Waals surface area contributed by atoms with Gasteiger partial charge in [-0.25, -0.2) is 4.98 Å². The van der Waals surface area contributed by atoms with Gasteiger partial charge in [-0.2, -0.15) is 0 Å². The van der Waals surface area contributed by atoms with Crippen LogP contribution in [0.25, 0.3) is 10.9 Å². The van der Waals surface area contributed by atoms with Crippen molar-refractivity contribution >= 4 is 28.1 Å². The van der Waals surface area contributed by atoms with Crippen LogP contribution in [0.1, 0.15) is 53.0 Å². The number of fused-ring (bicyclic) bond motifs is 2. The second-order valence-electron chi connectivity index (χ2n) is 10.1. The number of pyridine rings is 1. The summed E-state index contributed by atoms with van der Waals surface area (Å²) in [4.78, 5) is 26.0. The summed E-state index contributed by atoms with van der Waals surface area (Å²) in [6, 6.07) is 19.8. The Labute approximate surface area is 221 Å². The molecule has 6 rings (SSSR count). The summed E-state index contributed by atoms with van der Waals surface area (Å²) < 4.78 is 5.96. The summed E-state index contributed by atoms with van der Waals surface area (Å²) >= 11 is 1.68. The zero-order valence-corrected chi connectivity index (χ0v) is 21.8. The van der Waals surface area contributed by atoms with Crippen molar-refractivity contribution in [3.05, 3.63) is 83.0 Å². The number of carbonyl (C=O) groups is 1. The molecule has 2 aromatic heterocycles. The molecule has 0 atom stereocenters. The average Bonchev–Trinajstić information content (AvgIpc) is 3.34. The van der Waals surface area contributed by atoms with E-state index in [1.165, 1.54) is 29.8 Å². The fourth-order valence-electron chi connectivity index (χ4n) is 5.57. The fourth-order valence-corrected chi connectivity index (χ4v) is 6.59. The topological polar surface area (TPSA) is 67.4 Å². The highest BCUT2D eigenvalue weighted by Gasteiger charge is 2.26. The molecule has 1 N–H and O–H groups in total. The first-order valence-electron chi connectivity index (χ1n) is 13.3. The first kappa shape index (κ1) is 24.1. The predicted octanol–water partition coefficient (Wildman–Crippen LogP) is 6.22. The number of para-hydroxylation sites is 1. The van der Waals surface area contributed by atoms with Crippen LogP contribution in [0.4, 0.5) is 0 Å². The lowest BCUT2D eigenvalue weighted by Crippen LogP contribution is -2.38. The highest BCUT2D eigenvalue weighted by molar-refractivity contribution is 7.13. The second kappa shape index (κ2) is 11.0. The SMILES string of the molecule is O=C(N[C@H]1CC[C@H](CCN2CCc3nc(Oc4ccccc4)sc3C2)CC1)c1cccc2ncccc12. The Morgan fingerprint density at radius 1 is 1.03 bits per heavy atom. The minimum Gasteiger partial charge on any atom is -0.431 e. The maximum absolute atomic E-state index is 13.0. The summed E-state index contributed by atoms with van der Waals surface area (Å²) in [5.41, 5.74) is 2.78. The number of hydrogen-bond acceptors (Lipinski definition) is 6. The number of nitrogens with zero attached hydrogens (tertiary/aromatic N) is 3. The molecule has 2 aromatic carbocycles. The number of hydrogen-bond donors (Lipinski definition) is 1. The Hall–Kier alpha value is -3.29. The summed E-state index contributed by atoms with van der Waals surface area (Å²) in [5, 5.41) is 4.95. The molecule has 3 heterocycles. The summed E-state index contributed by atoms with van der Waals surface area (Å²) in [5.74, 6) is 1.59. The molecule has 0 spiro atoms. The van der Waals surface area contributed by atoms with Crippen LogP contribution in [-0.2, 0) is 13.0 Å². The van der Waals surface area contributed by atoms with Gasteiger partial charge in [-0.3, -0.25) is 14.7 Å². The highest BCUT2D eigenvalue weighted by atomic mass is 32.1. The lowest BCUT2D eigenvalue weighted by molar-refractivity contribution is 0.0921. The number of benzene rings is 2. The van der Waals surface area contributed by atoms with Gasteiger partial charge in [0.25, 0.3) is 11.1 Å². The molecule has 7 heteroatoms. The number of ether oxygens (including phenoxy) is 1. The maximum Gasteiger partial charge on any atom is 0.279 e. The molecule has 2 aliphatic rings. The van der Waals surface area contributed by atoms with E-state index in [1.807, 2.05) is 60.7 Å². The number of rotatable bonds is 7. The van der Waals surface area contributed by atoms with Gasteiger partial charge in [-0.05, 0) is 74.9 Å². The van der Waals surface area contributed by atoms with Crippen LogP contribution in [0.3, 0.4) is 0 Å². The smallest absolute Gasteiger partial charge is 0.279 e. The maximum atomic E-state index is 13.0. The van der Waals surface area contributed by atoms with Crippen LogP contribution in [0.2, 0.25) is 0 Å². The van der Waals surface area contributed by atoms with Crippen molar-refractivity contribution in [3.8, 4) is 10.9 Å². The quantitative estimate of drug-likeness (QED) is 0.318. The Bertz CT molecular complexity index is 1360. The van der Waals surface area contributed by atoms with Gasteiger partial charge < -0.3 is 10.1 Å². The predicted molar refractivity (Wildman–Crippen MR) is 147 cm³/mol. The number of thiazole rings is 1. The van der Waals surface area contributed by atoms with E-state index in [4.69, 9.17) is 9.72 Å². The third kappa shape index (κ3) is 5.68. The van der Waals surface area contributed by atoms with Crippen LogP contribution in [-0.4, -0.2) is 39.9 Å². The first-order chi connectivity index (χ1) is 18.2. The third-order valence-corrected chi connectivity index (χ3v) is 8.63. The lowest BCUT2D eigenvalue weighted by Gasteiger charge is -2.32. The molecule has 0 bridgehead atoms. The van der Waals surface area contributed by atoms with E-state index in [-0.39, 0.29) is 11.9 Å². The zero-order chi connectivity index (χ0) is 25.0. The minimum atomic E-state index is 0.0198. The van der Waals surface area contributed by atoms with Crippen molar-refractivity contribution in [3.63, 3.8) is 0 Å². The zero-order valence-electron chi connectivity index (χ0n) is 20.9. The van der Waals surface area contributed by atoms with E-state index in [1.54, 1.807) is 17.5 Å². The Balaban J connectivity index is 0.962. The number of carbonyl (C=O) groups excluding carboxylic acids is 1. The molecule has 37 heavy (non-hydrogen) atoms. The van der Waals surface area contributed by atoms with Gasteiger partial charge in [0, 0.05) is 47.6 Å². The summed E-state index contributed by atoms with van der Waals surface area (Å²) in [6.07, 6.45) is 8.44. The van der Waals surface area contributed by atoms with Crippen LogP contribution < -0.4 is 10.1 Å². The van der Waals surface area contributed by atoms with Gasteiger partial charge in [0.05, 0.1) is 11.2 Å². The molecule has 190 valence electrons. The van der Waals surface area contributed by atoms with Gasteiger partial charge in [0.15, 0.2) is 0 Å².